The number of nitrogens with zero attached hydrogens (tertiary/aromatic N) is 4. The van der Waals surface area contributed by atoms with E-state index in [9.17, 15) is 0 Å². The van der Waals surface area contributed by atoms with Gasteiger partial charge in [-0.15, -0.1) is 0 Å². The van der Waals surface area contributed by atoms with Gasteiger partial charge in [-0.1, -0.05) is 6.92 Å². The van der Waals surface area contributed by atoms with Crippen molar-refractivity contribution in [2.75, 3.05) is 37.4 Å². The van der Waals surface area contributed by atoms with Gasteiger partial charge in [0.2, 0.25) is 0 Å². The quantitative estimate of drug-likeness (QED) is 0.507. The smallest absolute Gasteiger partial charge is 0.180 e. The van der Waals surface area contributed by atoms with E-state index in [2.05, 4.69) is 39.6 Å². The second-order valence-electron chi connectivity index (χ2n) is 4.10. The zero-order valence-corrected chi connectivity index (χ0v) is 10.7. The number of rotatable bonds is 6. The summed E-state index contributed by atoms with van der Waals surface area (Å²) in [6.45, 7) is 4.92. The first-order valence-corrected chi connectivity index (χ1v) is 5.97. The first-order valence-electron chi connectivity index (χ1n) is 5.97. The van der Waals surface area contributed by atoms with Gasteiger partial charge >= 0.3 is 0 Å². The lowest BCUT2D eigenvalue weighted by Gasteiger charge is -2.15. The summed E-state index contributed by atoms with van der Waals surface area (Å²) in [5, 5.41) is 3.28. The normalized spacial score (nSPS) is 11.1. The van der Waals surface area contributed by atoms with Crippen molar-refractivity contribution >= 4 is 17.3 Å². The molecule has 0 unspecified atom stereocenters. The van der Waals surface area contributed by atoms with Crippen LogP contribution in [0.1, 0.15) is 6.92 Å². The molecule has 98 valence electrons. The van der Waals surface area contributed by atoms with Gasteiger partial charge in [0, 0.05) is 25.5 Å². The topological polar surface area (TPSA) is 83.5 Å². The third-order valence-electron chi connectivity index (χ3n) is 2.85. The average Bonchev–Trinajstić information content (AvgIpc) is 2.86. The molecule has 7 heteroatoms. The van der Waals surface area contributed by atoms with Crippen LogP contribution >= 0.6 is 0 Å². The fourth-order valence-electron chi connectivity index (χ4n) is 1.64. The van der Waals surface area contributed by atoms with Gasteiger partial charge in [0.1, 0.15) is 0 Å². The van der Waals surface area contributed by atoms with Crippen molar-refractivity contribution < 1.29 is 0 Å². The molecular weight excluding hydrogens is 230 g/mol. The lowest BCUT2D eigenvalue weighted by Crippen LogP contribution is -2.25. The Labute approximate surface area is 106 Å². The van der Waals surface area contributed by atoms with Crippen LogP contribution in [0.15, 0.2) is 18.6 Å². The van der Waals surface area contributed by atoms with Crippen molar-refractivity contribution in [2.45, 2.75) is 6.92 Å². The van der Waals surface area contributed by atoms with Crippen LogP contribution in [-0.2, 0) is 0 Å². The predicted molar refractivity (Wildman–Crippen MR) is 72.5 cm³/mol. The third kappa shape index (κ3) is 2.69. The molecule has 7 nitrogen and oxygen atoms in total. The Morgan fingerprint density at radius 1 is 1.50 bits per heavy atom. The summed E-state index contributed by atoms with van der Waals surface area (Å²) in [5.74, 6) is 6.73. The van der Waals surface area contributed by atoms with Gasteiger partial charge in [-0.2, -0.15) is 0 Å². The monoisotopic (exact) mass is 249 g/mol. The molecule has 2 aromatic rings. The van der Waals surface area contributed by atoms with Crippen LogP contribution < -0.4 is 16.6 Å². The number of aromatic nitrogens is 3. The number of nitrogen functional groups attached to an aromatic ring is 1. The number of hydrazine groups is 1. The number of imidazole rings is 1. The van der Waals surface area contributed by atoms with E-state index >= 15 is 0 Å². The van der Waals surface area contributed by atoms with Gasteiger partial charge in [-0.3, -0.25) is 0 Å². The SMILES string of the molecule is CCN(C)CCNc1nc(NN)cn2ccnc12. The minimum Gasteiger partial charge on any atom is -0.366 e. The van der Waals surface area contributed by atoms with Crippen LogP contribution in [0.4, 0.5) is 11.6 Å². The van der Waals surface area contributed by atoms with Crippen LogP contribution in [-0.4, -0.2) is 46.0 Å². The van der Waals surface area contributed by atoms with Crippen LogP contribution in [0.3, 0.4) is 0 Å². The Morgan fingerprint density at radius 3 is 3.06 bits per heavy atom. The van der Waals surface area contributed by atoms with Crippen molar-refractivity contribution in [3.8, 4) is 0 Å². The number of anilines is 2. The third-order valence-corrected chi connectivity index (χ3v) is 2.85. The first-order chi connectivity index (χ1) is 8.74. The average molecular weight is 249 g/mol. The van der Waals surface area contributed by atoms with E-state index in [4.69, 9.17) is 5.84 Å². The van der Waals surface area contributed by atoms with E-state index in [-0.39, 0.29) is 0 Å². The number of fused-ring (bicyclic) bond motifs is 1. The fraction of sp³-hybridized carbons (Fsp3) is 0.455. The van der Waals surface area contributed by atoms with Crippen LogP contribution in [0.2, 0.25) is 0 Å². The largest absolute Gasteiger partial charge is 0.366 e. The Bertz CT molecular complexity index is 507. The van der Waals surface area contributed by atoms with E-state index in [1.54, 1.807) is 12.4 Å². The molecule has 0 aliphatic carbocycles. The lowest BCUT2D eigenvalue weighted by molar-refractivity contribution is 0.367. The lowest BCUT2D eigenvalue weighted by atomic mass is 10.5. The molecule has 0 saturated carbocycles. The number of hydrogen-bond donors (Lipinski definition) is 3. The van der Waals surface area contributed by atoms with Gasteiger partial charge in [-0.05, 0) is 13.6 Å². The van der Waals surface area contributed by atoms with Crippen molar-refractivity contribution in [3.05, 3.63) is 18.6 Å². The second kappa shape index (κ2) is 5.65. The Hall–Kier alpha value is -1.86. The van der Waals surface area contributed by atoms with E-state index in [0.717, 1.165) is 31.1 Å². The molecule has 4 N–H and O–H groups in total. The maximum Gasteiger partial charge on any atom is 0.180 e. The fourth-order valence-corrected chi connectivity index (χ4v) is 1.64. The van der Waals surface area contributed by atoms with Crippen LogP contribution in [0.5, 0.6) is 0 Å². The van der Waals surface area contributed by atoms with Gasteiger partial charge in [-0.25, -0.2) is 15.8 Å². The molecule has 18 heavy (non-hydrogen) atoms. The van der Waals surface area contributed by atoms with Crippen molar-refractivity contribution in [1.29, 1.82) is 0 Å². The highest BCUT2D eigenvalue weighted by Gasteiger charge is 2.06. The molecule has 0 aromatic carbocycles. The summed E-state index contributed by atoms with van der Waals surface area (Å²) < 4.78 is 1.88. The highest BCUT2D eigenvalue weighted by Crippen LogP contribution is 2.15. The standard InChI is InChI=1S/C11H19N7/c1-3-17(2)6-4-13-10-11-14-5-7-18(11)8-9(15-10)16-12/h5,7-8,16H,3-4,6,12H2,1-2H3,(H,13,15). The second-order valence-corrected chi connectivity index (χ2v) is 4.10. The zero-order valence-electron chi connectivity index (χ0n) is 10.7. The summed E-state index contributed by atoms with van der Waals surface area (Å²) in [4.78, 5) is 10.9. The molecule has 2 rings (SSSR count). The van der Waals surface area contributed by atoms with Crippen LogP contribution in [0, 0.1) is 0 Å². The molecule has 2 heterocycles. The number of nitrogens with one attached hydrogen (secondary N) is 2. The molecule has 0 bridgehead atoms. The summed E-state index contributed by atoms with van der Waals surface area (Å²) in [5.41, 5.74) is 3.35. The van der Waals surface area contributed by atoms with E-state index in [1.165, 1.54) is 0 Å². The maximum atomic E-state index is 5.39. The summed E-state index contributed by atoms with van der Waals surface area (Å²) in [6.07, 6.45) is 5.40. The summed E-state index contributed by atoms with van der Waals surface area (Å²) >= 11 is 0. The first kappa shape index (κ1) is 12.6. The van der Waals surface area contributed by atoms with Crippen molar-refractivity contribution in [1.82, 2.24) is 19.3 Å². The molecule has 2 aromatic heterocycles. The number of likely N-dealkylation sites (N-methyl/N-ethyl adjacent to an activating group) is 1. The molecular formula is C11H19N7. The highest BCUT2D eigenvalue weighted by atomic mass is 15.3. The van der Waals surface area contributed by atoms with Gasteiger partial charge in [0.05, 0.1) is 6.20 Å². The predicted octanol–water partition coefficient (Wildman–Crippen LogP) is 0.378. The summed E-state index contributed by atoms with van der Waals surface area (Å²) in [7, 11) is 2.08. The highest BCUT2D eigenvalue weighted by molar-refractivity contribution is 5.65. The molecule has 0 fully saturated rings. The van der Waals surface area contributed by atoms with Gasteiger partial charge < -0.3 is 20.0 Å². The Kier molecular flexibility index (Phi) is 3.96. The molecule has 0 aliphatic heterocycles. The summed E-state index contributed by atoms with van der Waals surface area (Å²) in [6, 6.07) is 0. The van der Waals surface area contributed by atoms with Crippen molar-refractivity contribution in [2.24, 2.45) is 5.84 Å². The number of nitrogens with two attached hydrogens (primary N) is 1. The number of hydrogen-bond acceptors (Lipinski definition) is 6. The zero-order chi connectivity index (χ0) is 13.0. The molecule has 0 atom stereocenters. The Balaban J connectivity index is 2.13. The van der Waals surface area contributed by atoms with Crippen molar-refractivity contribution in [3.63, 3.8) is 0 Å². The molecule has 0 saturated heterocycles. The van der Waals surface area contributed by atoms with E-state index < -0.39 is 0 Å². The molecule has 0 spiro atoms. The van der Waals surface area contributed by atoms with E-state index in [0.29, 0.717) is 5.82 Å². The Morgan fingerprint density at radius 2 is 2.33 bits per heavy atom. The molecule has 0 radical (unpaired) electrons. The van der Waals surface area contributed by atoms with Crippen LogP contribution in [0.25, 0.3) is 5.65 Å². The maximum absolute atomic E-state index is 5.39. The van der Waals surface area contributed by atoms with Gasteiger partial charge in [0.15, 0.2) is 17.3 Å². The van der Waals surface area contributed by atoms with Gasteiger partial charge in [0.25, 0.3) is 0 Å². The minimum absolute atomic E-state index is 0.604. The molecule has 0 amide bonds. The minimum atomic E-state index is 0.604. The van der Waals surface area contributed by atoms with E-state index in [1.807, 2.05) is 10.6 Å². The molecule has 0 aliphatic rings.